The van der Waals surface area contributed by atoms with Gasteiger partial charge in [-0.25, -0.2) is 9.97 Å². The molecular weight excluding hydrogens is 271 g/mol. The number of pyridine rings is 2. The Labute approximate surface area is 116 Å². The molecule has 0 radical (unpaired) electrons. The minimum Gasteiger partial charge on any atom is -0.385 e. The normalized spacial score (nSPS) is 14.7. The molecule has 2 aromatic rings. The first-order valence-corrected chi connectivity index (χ1v) is 6.54. The zero-order chi connectivity index (χ0) is 13.3. The highest BCUT2D eigenvalue weighted by molar-refractivity contribution is 6.35. The Kier molecular flexibility index (Phi) is 3.76. The summed E-state index contributed by atoms with van der Waals surface area (Å²) in [6, 6.07) is 1.71. The van der Waals surface area contributed by atoms with Gasteiger partial charge < -0.3 is 5.11 Å². The topological polar surface area (TPSA) is 46.0 Å². The van der Waals surface area contributed by atoms with Crippen molar-refractivity contribution < 1.29 is 5.11 Å². The second kappa shape index (κ2) is 5.00. The molecule has 0 aliphatic carbocycles. The van der Waals surface area contributed by atoms with Gasteiger partial charge in [0, 0.05) is 23.3 Å². The number of fused-ring (bicyclic) bond motifs is 1. The van der Waals surface area contributed by atoms with Gasteiger partial charge in [-0.2, -0.15) is 0 Å². The molecule has 0 aromatic carbocycles. The Hall–Kier alpha value is -0.900. The number of hydrogen-bond acceptors (Lipinski definition) is 3. The zero-order valence-electron chi connectivity index (χ0n) is 10.2. The van der Waals surface area contributed by atoms with Gasteiger partial charge in [0.25, 0.3) is 0 Å². The fourth-order valence-electron chi connectivity index (χ4n) is 2.13. The zero-order valence-corrected chi connectivity index (χ0v) is 11.8. The average Bonchev–Trinajstić information content (AvgIpc) is 2.28. The molecule has 18 heavy (non-hydrogen) atoms. The molecule has 1 atom stereocenters. The maximum Gasteiger partial charge on any atom is 0.138 e. The Morgan fingerprint density at radius 1 is 1.22 bits per heavy atom. The van der Waals surface area contributed by atoms with Gasteiger partial charge >= 0.3 is 0 Å². The van der Waals surface area contributed by atoms with E-state index >= 15 is 0 Å². The molecule has 0 spiro atoms. The van der Waals surface area contributed by atoms with Crippen LogP contribution in [0, 0.1) is 0 Å². The van der Waals surface area contributed by atoms with E-state index in [1.54, 1.807) is 25.4 Å². The monoisotopic (exact) mass is 284 g/mol. The van der Waals surface area contributed by atoms with Gasteiger partial charge in [-0.15, -0.1) is 0 Å². The third-order valence-corrected chi connectivity index (χ3v) is 3.51. The van der Waals surface area contributed by atoms with Crippen LogP contribution in [0.5, 0.6) is 0 Å². The van der Waals surface area contributed by atoms with Crippen LogP contribution in [-0.2, 0) is 5.60 Å². The third kappa shape index (κ3) is 2.44. The third-order valence-electron chi connectivity index (χ3n) is 3.01. The minimum absolute atomic E-state index is 0.366. The maximum absolute atomic E-state index is 10.5. The van der Waals surface area contributed by atoms with Crippen molar-refractivity contribution in [2.45, 2.75) is 32.3 Å². The lowest BCUT2D eigenvalue weighted by Gasteiger charge is -2.24. The van der Waals surface area contributed by atoms with Crippen LogP contribution in [0.25, 0.3) is 10.8 Å². The molecule has 96 valence electrons. The van der Waals surface area contributed by atoms with Crippen LogP contribution in [0.3, 0.4) is 0 Å². The molecule has 0 saturated heterocycles. The maximum atomic E-state index is 10.5. The SMILES string of the molecule is CCCC(C)(O)c1cnc(Cl)c2cnc(Cl)cc12. The predicted molar refractivity (Wildman–Crippen MR) is 74.0 cm³/mol. The molecule has 2 rings (SSSR count). The van der Waals surface area contributed by atoms with Gasteiger partial charge in [0.2, 0.25) is 0 Å². The van der Waals surface area contributed by atoms with Crippen molar-refractivity contribution in [3.8, 4) is 0 Å². The van der Waals surface area contributed by atoms with E-state index in [0.717, 1.165) is 17.4 Å². The van der Waals surface area contributed by atoms with Crippen molar-refractivity contribution in [3.63, 3.8) is 0 Å². The number of aliphatic hydroxyl groups is 1. The summed E-state index contributed by atoms with van der Waals surface area (Å²) in [4.78, 5) is 8.10. The van der Waals surface area contributed by atoms with E-state index in [-0.39, 0.29) is 0 Å². The van der Waals surface area contributed by atoms with Crippen molar-refractivity contribution in [1.82, 2.24) is 9.97 Å². The summed E-state index contributed by atoms with van der Waals surface area (Å²) in [5.41, 5.74) is -0.219. The highest BCUT2D eigenvalue weighted by Gasteiger charge is 2.25. The summed E-state index contributed by atoms with van der Waals surface area (Å²) in [5, 5.41) is 12.8. The van der Waals surface area contributed by atoms with Crippen LogP contribution < -0.4 is 0 Å². The van der Waals surface area contributed by atoms with E-state index in [2.05, 4.69) is 9.97 Å². The van der Waals surface area contributed by atoms with Crippen molar-refractivity contribution >= 4 is 34.0 Å². The first-order valence-electron chi connectivity index (χ1n) is 5.78. The molecule has 2 heterocycles. The van der Waals surface area contributed by atoms with E-state index in [0.29, 0.717) is 22.1 Å². The molecule has 0 bridgehead atoms. The van der Waals surface area contributed by atoms with Gasteiger partial charge in [0.15, 0.2) is 0 Å². The number of aromatic nitrogens is 2. The standard InChI is InChI=1S/C13H14Cl2N2O/c1-3-4-13(2,18)10-7-17-12(15)9-6-16-11(14)5-8(9)10/h5-7,18H,3-4H2,1-2H3. The lowest BCUT2D eigenvalue weighted by Crippen LogP contribution is -2.21. The highest BCUT2D eigenvalue weighted by atomic mass is 35.5. The van der Waals surface area contributed by atoms with Crippen LogP contribution >= 0.6 is 23.2 Å². The van der Waals surface area contributed by atoms with Gasteiger partial charge in [-0.1, -0.05) is 36.5 Å². The van der Waals surface area contributed by atoms with E-state index < -0.39 is 5.60 Å². The van der Waals surface area contributed by atoms with Gasteiger partial charge in [0.05, 0.1) is 5.60 Å². The lowest BCUT2D eigenvalue weighted by molar-refractivity contribution is 0.0482. The fourth-order valence-corrected chi connectivity index (χ4v) is 2.49. The van der Waals surface area contributed by atoms with E-state index in [1.807, 2.05) is 6.92 Å². The first-order chi connectivity index (χ1) is 8.45. The smallest absolute Gasteiger partial charge is 0.138 e. The molecule has 5 heteroatoms. The van der Waals surface area contributed by atoms with Crippen molar-refractivity contribution in [1.29, 1.82) is 0 Å². The van der Waals surface area contributed by atoms with Crippen LogP contribution in [0.15, 0.2) is 18.5 Å². The summed E-state index contributed by atoms with van der Waals surface area (Å²) in [6.07, 6.45) is 4.70. The molecule has 1 unspecified atom stereocenters. The first kappa shape index (κ1) is 13.5. The van der Waals surface area contributed by atoms with E-state index in [1.165, 1.54) is 0 Å². The molecule has 0 amide bonds. The van der Waals surface area contributed by atoms with Crippen LogP contribution in [0.4, 0.5) is 0 Å². The van der Waals surface area contributed by atoms with Crippen molar-refractivity contribution in [3.05, 3.63) is 34.3 Å². The summed E-state index contributed by atoms with van der Waals surface area (Å²) in [5.74, 6) is 0. The molecule has 3 nitrogen and oxygen atoms in total. The number of halogens is 2. The summed E-state index contributed by atoms with van der Waals surface area (Å²) >= 11 is 11.9. The van der Waals surface area contributed by atoms with E-state index in [9.17, 15) is 5.11 Å². The number of hydrogen-bond donors (Lipinski definition) is 1. The number of rotatable bonds is 3. The summed E-state index contributed by atoms with van der Waals surface area (Å²) in [7, 11) is 0. The van der Waals surface area contributed by atoms with Crippen molar-refractivity contribution in [2.24, 2.45) is 0 Å². The van der Waals surface area contributed by atoms with Gasteiger partial charge in [0.1, 0.15) is 10.3 Å². The average molecular weight is 285 g/mol. The molecular formula is C13H14Cl2N2O. The molecule has 0 saturated carbocycles. The Morgan fingerprint density at radius 2 is 1.94 bits per heavy atom. The lowest BCUT2D eigenvalue weighted by atomic mass is 9.89. The van der Waals surface area contributed by atoms with Gasteiger partial charge in [-0.05, 0) is 24.8 Å². The highest BCUT2D eigenvalue weighted by Crippen LogP contribution is 2.34. The number of nitrogens with zero attached hydrogens (tertiary/aromatic N) is 2. The summed E-state index contributed by atoms with van der Waals surface area (Å²) in [6.45, 7) is 3.80. The second-order valence-corrected chi connectivity index (χ2v) is 5.28. The quantitative estimate of drug-likeness (QED) is 0.869. The second-order valence-electron chi connectivity index (χ2n) is 4.54. The van der Waals surface area contributed by atoms with Crippen LogP contribution in [0.1, 0.15) is 32.3 Å². The Morgan fingerprint density at radius 3 is 2.61 bits per heavy atom. The fraction of sp³-hybridized carbons (Fsp3) is 0.385. The Bertz CT molecular complexity index is 584. The Balaban J connectivity index is 2.72. The molecule has 1 N–H and O–H groups in total. The van der Waals surface area contributed by atoms with Gasteiger partial charge in [-0.3, -0.25) is 0 Å². The predicted octanol–water partition coefficient (Wildman–Crippen LogP) is 3.94. The molecule has 0 aliphatic rings. The van der Waals surface area contributed by atoms with Crippen LogP contribution in [-0.4, -0.2) is 15.1 Å². The van der Waals surface area contributed by atoms with E-state index in [4.69, 9.17) is 23.2 Å². The molecule has 2 aromatic heterocycles. The molecule has 0 fully saturated rings. The molecule has 0 aliphatic heterocycles. The van der Waals surface area contributed by atoms with Crippen molar-refractivity contribution in [2.75, 3.05) is 0 Å². The van der Waals surface area contributed by atoms with Crippen LogP contribution in [0.2, 0.25) is 10.3 Å². The minimum atomic E-state index is -0.949. The largest absolute Gasteiger partial charge is 0.385 e. The summed E-state index contributed by atoms with van der Waals surface area (Å²) < 4.78 is 0.